The van der Waals surface area contributed by atoms with E-state index in [0.717, 1.165) is 5.92 Å². The third kappa shape index (κ3) is 5.22. The lowest BCUT2D eigenvalue weighted by molar-refractivity contribution is 0.0756. The largest absolute Gasteiger partial charge is 0.412 e. The Bertz CT molecular complexity index is 281. The highest BCUT2D eigenvalue weighted by atomic mass is 28.4. The van der Waals surface area contributed by atoms with Gasteiger partial charge in [0.15, 0.2) is 8.32 Å². The van der Waals surface area contributed by atoms with E-state index in [4.69, 9.17) is 4.43 Å². The van der Waals surface area contributed by atoms with Crippen molar-refractivity contribution in [1.29, 1.82) is 0 Å². The van der Waals surface area contributed by atoms with E-state index in [1.54, 1.807) is 0 Å². The van der Waals surface area contributed by atoms with Crippen molar-refractivity contribution in [2.45, 2.75) is 103 Å². The van der Waals surface area contributed by atoms with Crippen molar-refractivity contribution < 1.29 is 4.43 Å². The molecule has 0 amide bonds. The molecule has 1 atom stereocenters. The molecular formula is C17H36OSi. The lowest BCUT2D eigenvalue weighted by atomic mass is 9.92. The summed E-state index contributed by atoms with van der Waals surface area (Å²) in [5, 5.41) is 0.364. The van der Waals surface area contributed by atoms with Gasteiger partial charge in [0.1, 0.15) is 0 Å². The number of rotatable bonds is 0. The molecule has 1 aliphatic heterocycles. The minimum atomic E-state index is -1.67. The Morgan fingerprint density at radius 2 is 1.53 bits per heavy atom. The summed E-state index contributed by atoms with van der Waals surface area (Å²) < 4.78 is 6.70. The van der Waals surface area contributed by atoms with Crippen LogP contribution in [0.4, 0.5) is 0 Å². The molecule has 1 saturated heterocycles. The van der Waals surface area contributed by atoms with Crippen LogP contribution in [0.15, 0.2) is 0 Å². The van der Waals surface area contributed by atoms with E-state index >= 15 is 0 Å². The highest BCUT2D eigenvalue weighted by molar-refractivity contribution is 6.74. The summed E-state index contributed by atoms with van der Waals surface area (Å²) in [5.74, 6) is 0.841. The quantitative estimate of drug-likeness (QED) is 0.485. The topological polar surface area (TPSA) is 9.23 Å². The molecule has 1 aliphatic rings. The summed E-state index contributed by atoms with van der Waals surface area (Å²) in [5.41, 5.74) is 0.0649. The first-order valence-electron chi connectivity index (χ1n) is 8.26. The maximum Gasteiger partial charge on any atom is 0.193 e. The molecule has 2 heteroatoms. The van der Waals surface area contributed by atoms with E-state index in [-0.39, 0.29) is 5.60 Å². The van der Waals surface area contributed by atoms with Crippen LogP contribution in [0.3, 0.4) is 0 Å². The SMILES string of the molecule is CC1CCCCCCC(C)(C)O[Si](C)(C)C(C)(C)C1. The Morgan fingerprint density at radius 3 is 2.16 bits per heavy atom. The van der Waals surface area contributed by atoms with Crippen LogP contribution in [0.2, 0.25) is 18.1 Å². The average molecular weight is 285 g/mol. The molecule has 0 bridgehead atoms. The molecule has 0 aromatic rings. The summed E-state index contributed by atoms with van der Waals surface area (Å²) in [4.78, 5) is 0. The van der Waals surface area contributed by atoms with E-state index in [1.807, 2.05) is 0 Å². The highest BCUT2D eigenvalue weighted by Gasteiger charge is 2.44. The minimum Gasteiger partial charge on any atom is -0.412 e. The Kier molecular flexibility index (Phi) is 5.71. The molecule has 0 N–H and O–H groups in total. The van der Waals surface area contributed by atoms with Crippen molar-refractivity contribution in [3.05, 3.63) is 0 Å². The van der Waals surface area contributed by atoms with Crippen molar-refractivity contribution in [3.63, 3.8) is 0 Å². The van der Waals surface area contributed by atoms with Crippen molar-refractivity contribution in [3.8, 4) is 0 Å². The zero-order chi connectivity index (χ0) is 14.7. The molecule has 1 fully saturated rings. The normalized spacial score (nSPS) is 32.1. The molecule has 0 aromatic heterocycles. The molecule has 0 saturated carbocycles. The fraction of sp³-hybridized carbons (Fsp3) is 1.00. The van der Waals surface area contributed by atoms with Crippen LogP contribution in [0.1, 0.15) is 79.6 Å². The molecule has 114 valence electrons. The summed E-state index contributed by atoms with van der Waals surface area (Å²) in [7, 11) is -1.67. The van der Waals surface area contributed by atoms with Crippen molar-refractivity contribution in [2.75, 3.05) is 0 Å². The second kappa shape index (κ2) is 6.30. The molecule has 19 heavy (non-hydrogen) atoms. The van der Waals surface area contributed by atoms with Crippen LogP contribution >= 0.6 is 0 Å². The lowest BCUT2D eigenvalue weighted by Crippen LogP contribution is -2.49. The van der Waals surface area contributed by atoms with Crippen LogP contribution in [-0.4, -0.2) is 13.9 Å². The second-order valence-electron chi connectivity index (χ2n) is 8.52. The molecule has 0 aromatic carbocycles. The third-order valence-corrected chi connectivity index (χ3v) is 9.77. The highest BCUT2D eigenvalue weighted by Crippen LogP contribution is 2.46. The predicted molar refractivity (Wildman–Crippen MR) is 88.2 cm³/mol. The van der Waals surface area contributed by atoms with Gasteiger partial charge in [0, 0.05) is 0 Å². The van der Waals surface area contributed by atoms with Gasteiger partial charge in [0.2, 0.25) is 0 Å². The lowest BCUT2D eigenvalue weighted by Gasteiger charge is -2.46. The molecule has 1 heterocycles. The zero-order valence-electron chi connectivity index (χ0n) is 14.4. The number of hydrogen-bond donors (Lipinski definition) is 0. The van der Waals surface area contributed by atoms with Gasteiger partial charge in [0.25, 0.3) is 0 Å². The maximum absolute atomic E-state index is 6.70. The average Bonchev–Trinajstić information content (AvgIpc) is 2.19. The van der Waals surface area contributed by atoms with Gasteiger partial charge in [0.05, 0.1) is 5.60 Å². The van der Waals surface area contributed by atoms with Crippen LogP contribution in [-0.2, 0) is 4.43 Å². The molecule has 1 nitrogen and oxygen atoms in total. The van der Waals surface area contributed by atoms with Gasteiger partial charge in [-0.1, -0.05) is 52.9 Å². The Hall–Kier alpha value is 0.177. The van der Waals surface area contributed by atoms with Crippen molar-refractivity contribution in [2.24, 2.45) is 5.92 Å². The Balaban J connectivity index is 2.86. The minimum absolute atomic E-state index is 0.0649. The van der Waals surface area contributed by atoms with Crippen LogP contribution in [0.5, 0.6) is 0 Å². The molecular weight excluding hydrogens is 248 g/mol. The van der Waals surface area contributed by atoms with Gasteiger partial charge in [-0.25, -0.2) is 0 Å². The summed E-state index contributed by atoms with van der Waals surface area (Å²) >= 11 is 0. The summed E-state index contributed by atoms with van der Waals surface area (Å²) in [6.45, 7) is 16.8. The van der Waals surface area contributed by atoms with Gasteiger partial charge in [-0.05, 0) is 50.7 Å². The van der Waals surface area contributed by atoms with Gasteiger partial charge >= 0.3 is 0 Å². The van der Waals surface area contributed by atoms with Crippen LogP contribution in [0.25, 0.3) is 0 Å². The maximum atomic E-state index is 6.70. The molecule has 0 spiro atoms. The van der Waals surface area contributed by atoms with E-state index in [1.165, 1.54) is 44.9 Å². The Labute approximate surface area is 122 Å². The smallest absolute Gasteiger partial charge is 0.193 e. The second-order valence-corrected chi connectivity index (χ2v) is 13.1. The van der Waals surface area contributed by atoms with Crippen molar-refractivity contribution in [1.82, 2.24) is 0 Å². The Morgan fingerprint density at radius 1 is 0.947 bits per heavy atom. The fourth-order valence-electron chi connectivity index (χ4n) is 3.50. The first-order valence-corrected chi connectivity index (χ1v) is 11.2. The van der Waals surface area contributed by atoms with Crippen molar-refractivity contribution >= 4 is 8.32 Å². The van der Waals surface area contributed by atoms with Gasteiger partial charge < -0.3 is 4.43 Å². The third-order valence-electron chi connectivity index (χ3n) is 5.25. The predicted octanol–water partition coefficient (Wildman–Crippen LogP) is 6.15. The fourth-order valence-corrected chi connectivity index (χ4v) is 6.10. The van der Waals surface area contributed by atoms with E-state index in [9.17, 15) is 0 Å². The van der Waals surface area contributed by atoms with E-state index in [2.05, 4.69) is 47.7 Å². The first-order chi connectivity index (χ1) is 8.56. The monoisotopic (exact) mass is 284 g/mol. The van der Waals surface area contributed by atoms with Crippen LogP contribution < -0.4 is 0 Å². The van der Waals surface area contributed by atoms with E-state index < -0.39 is 8.32 Å². The molecule has 0 aliphatic carbocycles. The summed E-state index contributed by atoms with van der Waals surface area (Å²) in [6, 6.07) is 0. The zero-order valence-corrected chi connectivity index (χ0v) is 15.4. The molecule has 0 radical (unpaired) electrons. The van der Waals surface area contributed by atoms with Gasteiger partial charge in [-0.2, -0.15) is 0 Å². The van der Waals surface area contributed by atoms with Crippen LogP contribution in [0, 0.1) is 5.92 Å². The standard InChI is InChI=1S/C17H36OSi/c1-15-12-10-8-9-11-13-16(2,3)18-19(6,7)17(4,5)14-15/h15H,8-14H2,1-7H3. The van der Waals surface area contributed by atoms with E-state index in [0.29, 0.717) is 5.04 Å². The number of hydrogen-bond acceptors (Lipinski definition) is 1. The molecule has 1 rings (SSSR count). The van der Waals surface area contributed by atoms with Gasteiger partial charge in [-0.3, -0.25) is 0 Å². The molecule has 1 unspecified atom stereocenters. The first kappa shape index (κ1) is 17.2. The summed E-state index contributed by atoms with van der Waals surface area (Å²) in [6.07, 6.45) is 9.47. The van der Waals surface area contributed by atoms with Gasteiger partial charge in [-0.15, -0.1) is 0 Å².